The fourth-order valence-electron chi connectivity index (χ4n) is 1.62. The lowest BCUT2D eigenvalue weighted by atomic mass is 10.2. The lowest BCUT2D eigenvalue weighted by molar-refractivity contribution is 0.581. The fraction of sp³-hybridized carbons (Fsp3) is 0.0769. The second kappa shape index (κ2) is 6.73. The molecule has 0 spiro atoms. The number of hydrogen-bond donors (Lipinski definition) is 1. The minimum atomic E-state index is -3.81. The van der Waals surface area contributed by atoms with Crippen LogP contribution in [-0.4, -0.2) is 8.42 Å². The molecule has 0 aliphatic rings. The molecule has 112 valence electrons. The van der Waals surface area contributed by atoms with Gasteiger partial charge in [-0.1, -0.05) is 58.5 Å². The first-order valence-corrected chi connectivity index (χ1v) is 8.68. The highest BCUT2D eigenvalue weighted by atomic mass is 35.5. The topological polar surface area (TPSA) is 46.2 Å². The highest BCUT2D eigenvalue weighted by molar-refractivity contribution is 7.89. The van der Waals surface area contributed by atoms with Gasteiger partial charge in [-0.2, -0.15) is 0 Å². The average Bonchev–Trinajstić information content (AvgIpc) is 2.43. The Balaban J connectivity index is 2.26. The molecule has 0 aromatic heterocycles. The maximum absolute atomic E-state index is 12.2. The average molecular weight is 385 g/mol. The van der Waals surface area contributed by atoms with Gasteiger partial charge in [0.05, 0.1) is 15.1 Å². The summed E-state index contributed by atoms with van der Waals surface area (Å²) in [4.78, 5) is -0.0881. The molecule has 8 heteroatoms. The van der Waals surface area contributed by atoms with E-state index in [1.807, 2.05) is 0 Å². The van der Waals surface area contributed by atoms with Gasteiger partial charge in [0, 0.05) is 11.6 Å². The monoisotopic (exact) mass is 383 g/mol. The molecule has 0 radical (unpaired) electrons. The van der Waals surface area contributed by atoms with E-state index in [1.54, 1.807) is 18.2 Å². The molecule has 2 aromatic rings. The first-order chi connectivity index (χ1) is 9.81. The molecule has 0 aliphatic heterocycles. The van der Waals surface area contributed by atoms with Crippen LogP contribution in [0, 0.1) is 0 Å². The number of nitrogens with one attached hydrogen (secondary N) is 1. The van der Waals surface area contributed by atoms with Crippen LogP contribution in [-0.2, 0) is 16.6 Å². The molecule has 0 bridgehead atoms. The van der Waals surface area contributed by atoms with Crippen molar-refractivity contribution in [2.24, 2.45) is 0 Å². The van der Waals surface area contributed by atoms with E-state index in [1.165, 1.54) is 18.2 Å². The third kappa shape index (κ3) is 4.03. The Bertz CT molecular complexity index is 778. The molecule has 2 aromatic carbocycles. The van der Waals surface area contributed by atoms with E-state index in [2.05, 4.69) is 4.72 Å². The molecule has 0 saturated carbocycles. The molecule has 0 atom stereocenters. The van der Waals surface area contributed by atoms with E-state index in [-0.39, 0.29) is 21.5 Å². The van der Waals surface area contributed by atoms with Crippen molar-refractivity contribution in [2.75, 3.05) is 0 Å². The van der Waals surface area contributed by atoms with Crippen LogP contribution in [0.4, 0.5) is 0 Å². The summed E-state index contributed by atoms with van der Waals surface area (Å²) in [6, 6.07) is 9.20. The molecule has 0 saturated heterocycles. The zero-order valence-corrected chi connectivity index (χ0v) is 14.2. The first kappa shape index (κ1) is 16.9. The Morgan fingerprint density at radius 1 is 0.952 bits per heavy atom. The van der Waals surface area contributed by atoms with Crippen LogP contribution in [0.5, 0.6) is 0 Å². The number of sulfonamides is 1. The molecule has 0 heterocycles. The van der Waals surface area contributed by atoms with Gasteiger partial charge in [0.15, 0.2) is 0 Å². The number of halogens is 4. The van der Waals surface area contributed by atoms with Crippen molar-refractivity contribution >= 4 is 56.4 Å². The summed E-state index contributed by atoms with van der Waals surface area (Å²) in [7, 11) is -3.81. The van der Waals surface area contributed by atoms with Crippen molar-refractivity contribution in [1.82, 2.24) is 4.72 Å². The standard InChI is InChI=1S/C13H9Cl4NO2S/c14-9-4-5-10(15)12(6-9)21(19,20)18-7-8-2-1-3-11(16)13(8)17/h1-6,18H,7H2. The van der Waals surface area contributed by atoms with Gasteiger partial charge >= 0.3 is 0 Å². The lowest BCUT2D eigenvalue weighted by Crippen LogP contribution is -2.23. The SMILES string of the molecule is O=S(=O)(NCc1cccc(Cl)c1Cl)c1cc(Cl)ccc1Cl. The summed E-state index contributed by atoms with van der Waals surface area (Å²) >= 11 is 23.6. The van der Waals surface area contributed by atoms with Gasteiger partial charge in [0.25, 0.3) is 0 Å². The highest BCUT2D eigenvalue weighted by Gasteiger charge is 2.18. The van der Waals surface area contributed by atoms with Crippen LogP contribution in [0.15, 0.2) is 41.3 Å². The van der Waals surface area contributed by atoms with E-state index in [0.717, 1.165) is 0 Å². The van der Waals surface area contributed by atoms with Crippen LogP contribution in [0.3, 0.4) is 0 Å². The van der Waals surface area contributed by atoms with E-state index < -0.39 is 10.0 Å². The summed E-state index contributed by atoms with van der Waals surface area (Å²) in [6.45, 7) is -0.00936. The molecule has 0 unspecified atom stereocenters. The zero-order valence-electron chi connectivity index (χ0n) is 10.4. The maximum atomic E-state index is 12.2. The molecule has 2 rings (SSSR count). The Morgan fingerprint density at radius 2 is 1.67 bits per heavy atom. The van der Waals surface area contributed by atoms with Gasteiger partial charge in [-0.15, -0.1) is 0 Å². The first-order valence-electron chi connectivity index (χ1n) is 5.69. The Hall–Kier alpha value is -0.490. The van der Waals surface area contributed by atoms with Crippen LogP contribution < -0.4 is 4.72 Å². The predicted octanol–water partition coefficient (Wildman–Crippen LogP) is 4.78. The normalized spacial score (nSPS) is 11.6. The van der Waals surface area contributed by atoms with Gasteiger partial charge in [-0.05, 0) is 29.8 Å². The number of rotatable bonds is 4. The molecule has 21 heavy (non-hydrogen) atoms. The van der Waals surface area contributed by atoms with Crippen molar-refractivity contribution in [3.05, 3.63) is 62.1 Å². The Kier molecular flexibility index (Phi) is 5.41. The smallest absolute Gasteiger partial charge is 0.207 e. The second-order valence-electron chi connectivity index (χ2n) is 4.11. The maximum Gasteiger partial charge on any atom is 0.242 e. The van der Waals surface area contributed by atoms with Gasteiger partial charge in [0.1, 0.15) is 4.90 Å². The summed E-state index contributed by atoms with van der Waals surface area (Å²) in [5, 5.41) is 1.03. The molecular formula is C13H9Cl4NO2S. The van der Waals surface area contributed by atoms with Gasteiger partial charge < -0.3 is 0 Å². The van der Waals surface area contributed by atoms with Crippen LogP contribution in [0.25, 0.3) is 0 Å². The van der Waals surface area contributed by atoms with E-state index >= 15 is 0 Å². The summed E-state index contributed by atoms with van der Waals surface area (Å²) in [5.41, 5.74) is 0.561. The van der Waals surface area contributed by atoms with Crippen molar-refractivity contribution in [1.29, 1.82) is 0 Å². The zero-order chi connectivity index (χ0) is 15.6. The molecular weight excluding hydrogens is 376 g/mol. The van der Waals surface area contributed by atoms with Gasteiger partial charge in [-0.3, -0.25) is 0 Å². The van der Waals surface area contributed by atoms with Crippen LogP contribution in [0.2, 0.25) is 20.1 Å². The van der Waals surface area contributed by atoms with Crippen LogP contribution in [0.1, 0.15) is 5.56 Å². The van der Waals surface area contributed by atoms with E-state index in [0.29, 0.717) is 15.6 Å². The molecule has 1 N–H and O–H groups in total. The van der Waals surface area contributed by atoms with Crippen LogP contribution >= 0.6 is 46.4 Å². The van der Waals surface area contributed by atoms with Gasteiger partial charge in [0.2, 0.25) is 10.0 Å². The highest BCUT2D eigenvalue weighted by Crippen LogP contribution is 2.27. The predicted molar refractivity (Wildman–Crippen MR) is 86.9 cm³/mol. The Morgan fingerprint density at radius 3 is 2.38 bits per heavy atom. The van der Waals surface area contributed by atoms with Gasteiger partial charge in [-0.25, -0.2) is 13.1 Å². The molecule has 0 amide bonds. The molecule has 0 fully saturated rings. The number of benzene rings is 2. The van der Waals surface area contributed by atoms with E-state index in [4.69, 9.17) is 46.4 Å². The quantitative estimate of drug-likeness (QED) is 0.824. The Labute approximate surface area is 142 Å². The minimum Gasteiger partial charge on any atom is -0.207 e. The summed E-state index contributed by atoms with van der Waals surface area (Å²) < 4.78 is 26.9. The lowest BCUT2D eigenvalue weighted by Gasteiger charge is -2.10. The van der Waals surface area contributed by atoms with Crippen molar-refractivity contribution < 1.29 is 8.42 Å². The van der Waals surface area contributed by atoms with Crippen molar-refractivity contribution in [3.63, 3.8) is 0 Å². The number of hydrogen-bond acceptors (Lipinski definition) is 2. The van der Waals surface area contributed by atoms with Crippen molar-refractivity contribution in [2.45, 2.75) is 11.4 Å². The van der Waals surface area contributed by atoms with E-state index in [9.17, 15) is 8.42 Å². The minimum absolute atomic E-state index is 0.00936. The third-order valence-electron chi connectivity index (χ3n) is 2.67. The van der Waals surface area contributed by atoms with Crippen molar-refractivity contribution in [3.8, 4) is 0 Å². The summed E-state index contributed by atoms with van der Waals surface area (Å²) in [6.07, 6.45) is 0. The third-order valence-corrected chi connectivity index (χ3v) is 5.64. The fourth-order valence-corrected chi connectivity index (χ4v) is 3.77. The molecule has 3 nitrogen and oxygen atoms in total. The summed E-state index contributed by atoms with van der Waals surface area (Å²) in [5.74, 6) is 0. The molecule has 0 aliphatic carbocycles. The second-order valence-corrected chi connectivity index (χ2v) is 7.48. The largest absolute Gasteiger partial charge is 0.242 e.